The van der Waals surface area contributed by atoms with E-state index in [1.165, 1.54) is 13.3 Å². The number of carboxylic acids is 1. The van der Waals surface area contributed by atoms with Crippen LogP contribution in [-0.2, 0) is 10.2 Å². The van der Waals surface area contributed by atoms with Crippen molar-refractivity contribution in [2.45, 2.75) is 43.9 Å². The average molecular weight is 285 g/mol. The lowest BCUT2D eigenvalue weighted by molar-refractivity contribution is -0.149. The summed E-state index contributed by atoms with van der Waals surface area (Å²) in [5.74, 6) is -3.43. The Bertz CT molecular complexity index is 521. The lowest BCUT2D eigenvalue weighted by Gasteiger charge is -2.37. The number of alkyl halides is 2. The maximum absolute atomic E-state index is 13.3. The summed E-state index contributed by atoms with van der Waals surface area (Å²) in [4.78, 5) is 15.7. The quantitative estimate of drug-likeness (QED) is 0.927. The number of pyridine rings is 1. The first-order chi connectivity index (χ1) is 9.31. The van der Waals surface area contributed by atoms with Gasteiger partial charge in [0.2, 0.25) is 11.8 Å². The van der Waals surface area contributed by atoms with Crippen molar-refractivity contribution in [1.82, 2.24) is 4.98 Å². The molecule has 1 aliphatic rings. The molecule has 20 heavy (non-hydrogen) atoms. The number of methoxy groups -OCH3 is 1. The molecule has 6 heteroatoms. The maximum Gasteiger partial charge on any atom is 0.314 e. The Kier molecular flexibility index (Phi) is 3.67. The molecule has 0 amide bonds. The van der Waals surface area contributed by atoms with Crippen LogP contribution < -0.4 is 4.74 Å². The number of aliphatic carboxylic acids is 1. The predicted molar refractivity (Wildman–Crippen MR) is 68.3 cm³/mol. The molecule has 1 aromatic heterocycles. The molecule has 1 aromatic rings. The van der Waals surface area contributed by atoms with E-state index in [9.17, 15) is 18.7 Å². The minimum atomic E-state index is -2.77. The average Bonchev–Trinajstić information content (AvgIpc) is 2.38. The van der Waals surface area contributed by atoms with Crippen LogP contribution in [0.5, 0.6) is 5.88 Å². The summed E-state index contributed by atoms with van der Waals surface area (Å²) in [5, 5.41) is 9.53. The Hall–Kier alpha value is -1.72. The van der Waals surface area contributed by atoms with Gasteiger partial charge in [-0.25, -0.2) is 13.8 Å². The molecule has 1 saturated carbocycles. The summed E-state index contributed by atoms with van der Waals surface area (Å²) in [7, 11) is 1.48. The van der Waals surface area contributed by atoms with E-state index in [0.29, 0.717) is 17.0 Å². The first-order valence-electron chi connectivity index (χ1n) is 6.43. The highest BCUT2D eigenvalue weighted by Crippen LogP contribution is 2.45. The first kappa shape index (κ1) is 14.7. The second-order valence-corrected chi connectivity index (χ2v) is 5.29. The molecule has 0 spiro atoms. The molecule has 110 valence electrons. The van der Waals surface area contributed by atoms with Crippen LogP contribution in [-0.4, -0.2) is 29.1 Å². The molecule has 1 aliphatic carbocycles. The zero-order chi connectivity index (χ0) is 15.0. The Morgan fingerprint density at radius 3 is 2.40 bits per heavy atom. The normalized spacial score (nSPS) is 20.4. The van der Waals surface area contributed by atoms with Crippen molar-refractivity contribution < 1.29 is 23.4 Å². The summed E-state index contributed by atoms with van der Waals surface area (Å²) in [6, 6.07) is 1.67. The number of halogens is 2. The molecule has 1 heterocycles. The summed E-state index contributed by atoms with van der Waals surface area (Å²) in [6.07, 6.45) is 0.434. The van der Waals surface area contributed by atoms with Gasteiger partial charge in [0.25, 0.3) is 0 Å². The molecule has 0 atom stereocenters. The van der Waals surface area contributed by atoms with Gasteiger partial charge in [-0.2, -0.15) is 0 Å². The fourth-order valence-electron chi connectivity index (χ4n) is 2.71. The van der Waals surface area contributed by atoms with E-state index in [1.54, 1.807) is 13.0 Å². The number of nitrogens with zero attached hydrogens (tertiary/aromatic N) is 1. The number of carbonyl (C=O) groups is 1. The summed E-state index contributed by atoms with van der Waals surface area (Å²) in [5.41, 5.74) is -0.104. The maximum atomic E-state index is 13.3. The SMILES string of the molecule is COc1ncc(C2(C(=O)O)CCC(F)(F)CC2)cc1C. The van der Waals surface area contributed by atoms with Crippen molar-refractivity contribution in [3.63, 3.8) is 0 Å². The largest absolute Gasteiger partial charge is 0.481 e. The van der Waals surface area contributed by atoms with Crippen molar-refractivity contribution >= 4 is 5.97 Å². The van der Waals surface area contributed by atoms with Crippen molar-refractivity contribution in [2.24, 2.45) is 0 Å². The van der Waals surface area contributed by atoms with E-state index in [0.717, 1.165) is 0 Å². The van der Waals surface area contributed by atoms with Crippen LogP contribution in [0.2, 0.25) is 0 Å². The Labute approximate surface area is 115 Å². The van der Waals surface area contributed by atoms with E-state index >= 15 is 0 Å². The topological polar surface area (TPSA) is 59.4 Å². The van der Waals surface area contributed by atoms with E-state index in [4.69, 9.17) is 4.74 Å². The van der Waals surface area contributed by atoms with Crippen LogP contribution in [0.3, 0.4) is 0 Å². The Morgan fingerprint density at radius 2 is 1.95 bits per heavy atom. The number of hydrogen-bond donors (Lipinski definition) is 1. The molecule has 0 aromatic carbocycles. The molecule has 0 radical (unpaired) electrons. The second kappa shape index (κ2) is 5.00. The standard InChI is InChI=1S/C14H17F2NO3/c1-9-7-10(8-17-11(9)20-2)13(12(18)19)3-5-14(15,16)6-4-13/h7-8H,3-6H2,1-2H3,(H,18,19). The molecule has 0 unspecified atom stereocenters. The smallest absolute Gasteiger partial charge is 0.314 e. The third kappa shape index (κ3) is 2.46. The predicted octanol–water partition coefficient (Wildman–Crippen LogP) is 2.93. The highest BCUT2D eigenvalue weighted by molar-refractivity contribution is 5.81. The van der Waals surface area contributed by atoms with Gasteiger partial charge in [-0.15, -0.1) is 0 Å². The number of carboxylic acid groups (broad SMARTS) is 1. The molecule has 0 saturated heterocycles. The van der Waals surface area contributed by atoms with E-state index < -0.39 is 30.1 Å². The summed E-state index contributed by atoms with van der Waals surface area (Å²) >= 11 is 0. The highest BCUT2D eigenvalue weighted by atomic mass is 19.3. The fraction of sp³-hybridized carbons (Fsp3) is 0.571. The number of ether oxygens (including phenoxy) is 1. The van der Waals surface area contributed by atoms with Crippen LogP contribution in [0.15, 0.2) is 12.3 Å². The van der Waals surface area contributed by atoms with Gasteiger partial charge < -0.3 is 9.84 Å². The molecule has 0 aliphatic heterocycles. The molecule has 0 bridgehead atoms. The number of hydrogen-bond acceptors (Lipinski definition) is 3. The van der Waals surface area contributed by atoms with Crippen molar-refractivity contribution in [3.05, 3.63) is 23.4 Å². The lowest BCUT2D eigenvalue weighted by Crippen LogP contribution is -2.42. The van der Waals surface area contributed by atoms with Crippen LogP contribution in [0, 0.1) is 6.92 Å². The summed E-state index contributed by atoms with van der Waals surface area (Å²) in [6.45, 7) is 1.75. The summed E-state index contributed by atoms with van der Waals surface area (Å²) < 4.78 is 31.6. The monoisotopic (exact) mass is 285 g/mol. The molecule has 1 fully saturated rings. The van der Waals surface area contributed by atoms with E-state index in [2.05, 4.69) is 4.98 Å². The zero-order valence-electron chi connectivity index (χ0n) is 11.4. The number of rotatable bonds is 3. The number of aryl methyl sites for hydroxylation is 1. The van der Waals surface area contributed by atoms with Crippen molar-refractivity contribution in [2.75, 3.05) is 7.11 Å². The van der Waals surface area contributed by atoms with Crippen LogP contribution in [0.4, 0.5) is 8.78 Å². The molecular weight excluding hydrogens is 268 g/mol. The Balaban J connectivity index is 2.39. The van der Waals surface area contributed by atoms with Crippen LogP contribution >= 0.6 is 0 Å². The highest BCUT2D eigenvalue weighted by Gasteiger charge is 2.49. The third-order valence-electron chi connectivity index (χ3n) is 4.02. The van der Waals surface area contributed by atoms with Crippen molar-refractivity contribution in [1.29, 1.82) is 0 Å². The number of aromatic nitrogens is 1. The minimum Gasteiger partial charge on any atom is -0.481 e. The van der Waals surface area contributed by atoms with E-state index in [-0.39, 0.29) is 12.8 Å². The van der Waals surface area contributed by atoms with Gasteiger partial charge in [-0.1, -0.05) is 0 Å². The third-order valence-corrected chi connectivity index (χ3v) is 4.02. The molecule has 1 N–H and O–H groups in total. The molecule has 4 nitrogen and oxygen atoms in total. The second-order valence-electron chi connectivity index (χ2n) is 5.29. The lowest BCUT2D eigenvalue weighted by atomic mass is 9.68. The van der Waals surface area contributed by atoms with Gasteiger partial charge in [0.05, 0.1) is 12.5 Å². The van der Waals surface area contributed by atoms with Gasteiger partial charge in [0.15, 0.2) is 0 Å². The molecular formula is C14H17F2NO3. The van der Waals surface area contributed by atoms with Crippen LogP contribution in [0.1, 0.15) is 36.8 Å². The van der Waals surface area contributed by atoms with E-state index in [1.807, 2.05) is 0 Å². The molecule has 2 rings (SSSR count). The fourth-order valence-corrected chi connectivity index (χ4v) is 2.71. The van der Waals surface area contributed by atoms with Gasteiger partial charge >= 0.3 is 5.97 Å². The zero-order valence-corrected chi connectivity index (χ0v) is 11.4. The first-order valence-corrected chi connectivity index (χ1v) is 6.43. The Morgan fingerprint density at radius 1 is 1.35 bits per heavy atom. The van der Waals surface area contributed by atoms with Crippen LogP contribution in [0.25, 0.3) is 0 Å². The van der Waals surface area contributed by atoms with Gasteiger partial charge in [-0.05, 0) is 31.4 Å². The van der Waals surface area contributed by atoms with Gasteiger partial charge in [-0.3, -0.25) is 4.79 Å². The minimum absolute atomic E-state index is 0.0806. The van der Waals surface area contributed by atoms with Crippen molar-refractivity contribution in [3.8, 4) is 5.88 Å². The van der Waals surface area contributed by atoms with Gasteiger partial charge in [0, 0.05) is 24.6 Å². The van der Waals surface area contributed by atoms with Gasteiger partial charge in [0.1, 0.15) is 0 Å².